The van der Waals surface area contributed by atoms with Crippen molar-refractivity contribution in [3.8, 4) is 0 Å². The highest BCUT2D eigenvalue weighted by Gasteiger charge is 2.16. The summed E-state index contributed by atoms with van der Waals surface area (Å²) in [5.74, 6) is -0.140. The zero-order chi connectivity index (χ0) is 19.2. The normalized spacial score (nSPS) is 14.8. The molecule has 1 heterocycles. The topological polar surface area (TPSA) is 52.7 Å². The Hall–Kier alpha value is -2.66. The maximum absolute atomic E-state index is 12.2. The molecule has 3 rings (SSSR count). The molecule has 5 nitrogen and oxygen atoms in total. The van der Waals surface area contributed by atoms with Gasteiger partial charge in [0.25, 0.3) is 0 Å². The molecule has 0 saturated carbocycles. The Kier molecular flexibility index (Phi) is 6.24. The van der Waals surface area contributed by atoms with E-state index < -0.39 is 0 Å². The number of likely N-dealkylation sites (N-methyl/N-ethyl adjacent to an activating group) is 1. The van der Waals surface area contributed by atoms with Gasteiger partial charge >= 0.3 is 0 Å². The highest BCUT2D eigenvalue weighted by Crippen LogP contribution is 2.24. The molecule has 5 heteroatoms. The van der Waals surface area contributed by atoms with Crippen LogP contribution in [0, 0.1) is 6.92 Å². The van der Waals surface area contributed by atoms with E-state index in [9.17, 15) is 9.59 Å². The average Bonchev–Trinajstić information content (AvgIpc) is 2.68. The highest BCUT2D eigenvalue weighted by molar-refractivity contribution is 6.00. The zero-order valence-electron chi connectivity index (χ0n) is 16.1. The molecule has 1 amide bonds. The minimum absolute atomic E-state index is 0.00709. The van der Waals surface area contributed by atoms with Crippen molar-refractivity contribution < 1.29 is 9.59 Å². The van der Waals surface area contributed by atoms with E-state index in [0.29, 0.717) is 5.56 Å². The first-order chi connectivity index (χ1) is 13.0. The molecule has 0 aromatic heterocycles. The number of nitrogens with zero attached hydrogens (tertiary/aromatic N) is 2. The van der Waals surface area contributed by atoms with Gasteiger partial charge in [0.2, 0.25) is 5.91 Å². The van der Waals surface area contributed by atoms with Crippen LogP contribution in [0.3, 0.4) is 0 Å². The van der Waals surface area contributed by atoms with E-state index in [1.807, 2.05) is 30.3 Å². The van der Waals surface area contributed by atoms with Crippen LogP contribution in [-0.2, 0) is 4.79 Å². The summed E-state index contributed by atoms with van der Waals surface area (Å²) >= 11 is 0. The summed E-state index contributed by atoms with van der Waals surface area (Å²) in [5, 5.41) is 2.91. The van der Waals surface area contributed by atoms with Crippen molar-refractivity contribution in [1.82, 2.24) is 4.90 Å². The number of nitrogens with one attached hydrogen (secondary N) is 1. The molecule has 2 aromatic rings. The van der Waals surface area contributed by atoms with Crippen LogP contribution in [0.25, 0.3) is 0 Å². The molecular weight excluding hydrogens is 338 g/mol. The van der Waals surface area contributed by atoms with Crippen molar-refractivity contribution in [2.75, 3.05) is 43.4 Å². The largest absolute Gasteiger partial charge is 0.369 e. The van der Waals surface area contributed by atoms with Crippen LogP contribution >= 0.6 is 0 Å². The number of aryl methyl sites for hydroxylation is 1. The van der Waals surface area contributed by atoms with Crippen LogP contribution < -0.4 is 10.2 Å². The molecule has 142 valence electrons. The van der Waals surface area contributed by atoms with Crippen LogP contribution in [0.15, 0.2) is 48.5 Å². The maximum Gasteiger partial charge on any atom is 0.224 e. The first-order valence-electron chi connectivity index (χ1n) is 9.45. The monoisotopic (exact) mass is 365 g/mol. The molecule has 1 aliphatic rings. The SMILES string of the molecule is Cc1cc(NC(=O)CCC(=O)c2ccccc2)ccc1N1CCN(C)CC1. The molecule has 0 unspecified atom stereocenters. The van der Waals surface area contributed by atoms with Gasteiger partial charge in [0.1, 0.15) is 0 Å². The minimum atomic E-state index is -0.133. The van der Waals surface area contributed by atoms with Crippen LogP contribution in [0.5, 0.6) is 0 Å². The second-order valence-electron chi connectivity index (χ2n) is 7.13. The fraction of sp³-hybridized carbons (Fsp3) is 0.364. The third-order valence-corrected chi connectivity index (χ3v) is 5.00. The zero-order valence-corrected chi connectivity index (χ0v) is 16.1. The lowest BCUT2D eigenvalue weighted by atomic mass is 10.1. The first-order valence-corrected chi connectivity index (χ1v) is 9.45. The van der Waals surface area contributed by atoms with E-state index in [4.69, 9.17) is 0 Å². The van der Waals surface area contributed by atoms with Crippen molar-refractivity contribution in [1.29, 1.82) is 0 Å². The quantitative estimate of drug-likeness (QED) is 0.798. The van der Waals surface area contributed by atoms with Crippen LogP contribution in [0.4, 0.5) is 11.4 Å². The number of anilines is 2. The molecule has 0 aliphatic carbocycles. The Bertz CT molecular complexity index is 796. The van der Waals surface area contributed by atoms with E-state index in [1.165, 1.54) is 5.69 Å². The Balaban J connectivity index is 1.53. The number of benzene rings is 2. The van der Waals surface area contributed by atoms with Crippen molar-refractivity contribution in [3.63, 3.8) is 0 Å². The van der Waals surface area contributed by atoms with Gasteiger partial charge in [0.05, 0.1) is 0 Å². The average molecular weight is 365 g/mol. The molecule has 0 atom stereocenters. The van der Waals surface area contributed by atoms with Crippen LogP contribution in [0.1, 0.15) is 28.8 Å². The summed E-state index contributed by atoms with van der Waals surface area (Å²) in [5.41, 5.74) is 3.80. The number of carbonyl (C=O) groups is 2. The van der Waals surface area contributed by atoms with Crippen molar-refractivity contribution >= 4 is 23.1 Å². The van der Waals surface area contributed by atoms with Crippen LogP contribution in [-0.4, -0.2) is 49.8 Å². The molecule has 0 spiro atoms. The molecule has 1 aliphatic heterocycles. The summed E-state index contributed by atoms with van der Waals surface area (Å²) < 4.78 is 0. The summed E-state index contributed by atoms with van der Waals surface area (Å²) in [6, 6.07) is 15.1. The van der Waals surface area contributed by atoms with Gasteiger partial charge in [-0.1, -0.05) is 30.3 Å². The molecule has 0 bridgehead atoms. The van der Waals surface area contributed by atoms with Gasteiger partial charge in [-0.2, -0.15) is 0 Å². The number of rotatable bonds is 6. The molecule has 1 saturated heterocycles. The van der Waals surface area contributed by atoms with E-state index in [-0.39, 0.29) is 24.5 Å². The third-order valence-electron chi connectivity index (χ3n) is 5.00. The molecule has 0 radical (unpaired) electrons. The van der Waals surface area contributed by atoms with Gasteiger partial charge in [0, 0.05) is 56.0 Å². The standard InChI is InChI=1S/C22H27N3O2/c1-17-16-19(8-9-20(17)25-14-12-24(2)13-15-25)23-22(27)11-10-21(26)18-6-4-3-5-7-18/h3-9,16H,10-15H2,1-2H3,(H,23,27). The number of carbonyl (C=O) groups excluding carboxylic acids is 2. The van der Waals surface area contributed by atoms with E-state index in [2.05, 4.69) is 35.2 Å². The lowest BCUT2D eigenvalue weighted by Gasteiger charge is -2.35. The maximum atomic E-state index is 12.2. The Morgan fingerprint density at radius 2 is 1.67 bits per heavy atom. The van der Waals surface area contributed by atoms with Crippen molar-refractivity contribution in [2.24, 2.45) is 0 Å². The molecule has 1 N–H and O–H groups in total. The number of hydrogen-bond acceptors (Lipinski definition) is 4. The van der Waals surface area contributed by atoms with Gasteiger partial charge in [-0.25, -0.2) is 0 Å². The number of piperazine rings is 1. The van der Waals surface area contributed by atoms with Gasteiger partial charge in [-0.05, 0) is 37.7 Å². The van der Waals surface area contributed by atoms with Gasteiger partial charge in [0.15, 0.2) is 5.78 Å². The molecule has 2 aromatic carbocycles. The number of amides is 1. The Morgan fingerprint density at radius 3 is 2.33 bits per heavy atom. The first kappa shape index (κ1) is 19.1. The fourth-order valence-corrected chi connectivity index (χ4v) is 3.35. The van der Waals surface area contributed by atoms with Gasteiger partial charge in [-0.15, -0.1) is 0 Å². The lowest BCUT2D eigenvalue weighted by molar-refractivity contribution is -0.116. The lowest BCUT2D eigenvalue weighted by Crippen LogP contribution is -2.44. The van der Waals surface area contributed by atoms with Crippen LogP contribution in [0.2, 0.25) is 0 Å². The third kappa shape index (κ3) is 5.17. The summed E-state index contributed by atoms with van der Waals surface area (Å²) in [7, 11) is 2.14. The Labute approximate surface area is 161 Å². The summed E-state index contributed by atoms with van der Waals surface area (Å²) in [6.07, 6.45) is 0.404. The van der Waals surface area contributed by atoms with Gasteiger partial charge < -0.3 is 15.1 Å². The second-order valence-corrected chi connectivity index (χ2v) is 7.13. The molecule has 27 heavy (non-hydrogen) atoms. The summed E-state index contributed by atoms with van der Waals surface area (Å²) in [4.78, 5) is 29.0. The van der Waals surface area contributed by atoms with Gasteiger partial charge in [-0.3, -0.25) is 9.59 Å². The number of ketones is 1. The van der Waals surface area contributed by atoms with Crippen molar-refractivity contribution in [3.05, 3.63) is 59.7 Å². The Morgan fingerprint density at radius 1 is 0.963 bits per heavy atom. The van der Waals surface area contributed by atoms with E-state index >= 15 is 0 Å². The smallest absolute Gasteiger partial charge is 0.224 e. The van der Waals surface area contributed by atoms with E-state index in [0.717, 1.165) is 37.4 Å². The second kappa shape index (κ2) is 8.82. The predicted octanol–water partition coefficient (Wildman–Crippen LogP) is 3.35. The van der Waals surface area contributed by atoms with Crippen molar-refractivity contribution in [2.45, 2.75) is 19.8 Å². The molecular formula is C22H27N3O2. The number of Topliss-reactive ketones (excluding diaryl/α,β-unsaturated/α-hetero) is 1. The number of hydrogen-bond donors (Lipinski definition) is 1. The molecule has 1 fully saturated rings. The summed E-state index contributed by atoms with van der Waals surface area (Å²) in [6.45, 7) is 6.23. The fourth-order valence-electron chi connectivity index (χ4n) is 3.35. The highest BCUT2D eigenvalue weighted by atomic mass is 16.2. The minimum Gasteiger partial charge on any atom is -0.369 e. The van der Waals surface area contributed by atoms with E-state index in [1.54, 1.807) is 12.1 Å². The predicted molar refractivity (Wildman–Crippen MR) is 110 cm³/mol.